The highest BCUT2D eigenvalue weighted by Gasteiger charge is 2.26. The van der Waals surface area contributed by atoms with Gasteiger partial charge in [0.2, 0.25) is 5.76 Å². The van der Waals surface area contributed by atoms with E-state index in [1.54, 1.807) is 6.26 Å². The van der Waals surface area contributed by atoms with Crippen LogP contribution in [0.15, 0.2) is 33.4 Å². The number of piperidine rings is 1. The van der Waals surface area contributed by atoms with Crippen molar-refractivity contribution in [3.05, 3.63) is 30.2 Å². The molecule has 108 valence electrons. The molecule has 2 unspecified atom stereocenters. The molecule has 2 N–H and O–H groups in total. The van der Waals surface area contributed by atoms with Gasteiger partial charge in [0.05, 0.1) is 12.0 Å². The number of hydrogen-bond acceptors (Lipinski definition) is 5. The van der Waals surface area contributed by atoms with Crippen molar-refractivity contribution >= 4 is 0 Å². The van der Waals surface area contributed by atoms with Crippen LogP contribution in [0.2, 0.25) is 0 Å². The van der Waals surface area contributed by atoms with Crippen molar-refractivity contribution in [2.75, 3.05) is 6.54 Å². The highest BCUT2D eigenvalue weighted by atomic mass is 16.5. The van der Waals surface area contributed by atoms with E-state index in [2.05, 4.69) is 17.0 Å². The minimum atomic E-state index is 0.187. The molecule has 2 aromatic heterocycles. The van der Waals surface area contributed by atoms with E-state index < -0.39 is 0 Å². The summed E-state index contributed by atoms with van der Waals surface area (Å²) >= 11 is 0. The van der Waals surface area contributed by atoms with Crippen LogP contribution in [-0.2, 0) is 6.54 Å². The SMILES string of the molecule is CC(N)C1CCCCN1Cc1cc(-c2ccco2)on1. The molecule has 1 aliphatic rings. The van der Waals surface area contributed by atoms with Crippen LogP contribution in [-0.4, -0.2) is 28.7 Å². The fraction of sp³-hybridized carbons (Fsp3) is 0.533. The molecule has 5 nitrogen and oxygen atoms in total. The Hall–Kier alpha value is -1.59. The molecule has 0 radical (unpaired) electrons. The van der Waals surface area contributed by atoms with Gasteiger partial charge in [0.15, 0.2) is 5.76 Å². The first-order valence-corrected chi connectivity index (χ1v) is 7.23. The maximum Gasteiger partial charge on any atom is 0.202 e. The van der Waals surface area contributed by atoms with Gasteiger partial charge >= 0.3 is 0 Å². The number of aromatic nitrogens is 1. The van der Waals surface area contributed by atoms with Gasteiger partial charge in [-0.1, -0.05) is 11.6 Å². The molecule has 5 heteroatoms. The number of rotatable bonds is 4. The summed E-state index contributed by atoms with van der Waals surface area (Å²) in [5.74, 6) is 1.39. The zero-order valence-corrected chi connectivity index (χ0v) is 11.8. The Kier molecular flexibility index (Phi) is 3.89. The lowest BCUT2D eigenvalue weighted by molar-refractivity contribution is 0.120. The second-order valence-corrected chi connectivity index (χ2v) is 5.55. The van der Waals surface area contributed by atoms with E-state index in [1.165, 1.54) is 19.3 Å². The first-order valence-electron chi connectivity index (χ1n) is 7.23. The lowest BCUT2D eigenvalue weighted by atomic mass is 9.97. The van der Waals surface area contributed by atoms with E-state index in [1.807, 2.05) is 18.2 Å². The molecule has 1 aliphatic heterocycles. The quantitative estimate of drug-likeness (QED) is 0.929. The third-order valence-corrected chi connectivity index (χ3v) is 3.96. The zero-order chi connectivity index (χ0) is 13.9. The van der Waals surface area contributed by atoms with Crippen molar-refractivity contribution in [2.24, 2.45) is 5.73 Å². The number of nitrogens with zero attached hydrogens (tertiary/aromatic N) is 2. The summed E-state index contributed by atoms with van der Waals surface area (Å²) < 4.78 is 10.7. The molecule has 1 saturated heterocycles. The predicted molar refractivity (Wildman–Crippen MR) is 75.9 cm³/mol. The molecule has 20 heavy (non-hydrogen) atoms. The minimum absolute atomic E-state index is 0.187. The van der Waals surface area contributed by atoms with Gasteiger partial charge in [-0.3, -0.25) is 4.90 Å². The van der Waals surface area contributed by atoms with E-state index >= 15 is 0 Å². The van der Waals surface area contributed by atoms with Gasteiger partial charge in [0.25, 0.3) is 0 Å². The molecule has 0 spiro atoms. The van der Waals surface area contributed by atoms with Gasteiger partial charge in [-0.2, -0.15) is 0 Å². The summed E-state index contributed by atoms with van der Waals surface area (Å²) in [5.41, 5.74) is 7.03. The summed E-state index contributed by atoms with van der Waals surface area (Å²) in [6.07, 6.45) is 5.29. The third-order valence-electron chi connectivity index (χ3n) is 3.96. The van der Waals surface area contributed by atoms with Crippen LogP contribution < -0.4 is 5.73 Å². The Morgan fingerprint density at radius 3 is 3.10 bits per heavy atom. The zero-order valence-electron chi connectivity index (χ0n) is 11.8. The second-order valence-electron chi connectivity index (χ2n) is 5.55. The van der Waals surface area contributed by atoms with Gasteiger partial charge in [-0.15, -0.1) is 0 Å². The fourth-order valence-corrected chi connectivity index (χ4v) is 2.94. The number of hydrogen-bond donors (Lipinski definition) is 1. The first kappa shape index (κ1) is 13.4. The number of nitrogens with two attached hydrogens (primary N) is 1. The summed E-state index contributed by atoms with van der Waals surface area (Å²) in [7, 11) is 0. The van der Waals surface area contributed by atoms with Crippen molar-refractivity contribution < 1.29 is 8.94 Å². The van der Waals surface area contributed by atoms with Crippen LogP contribution in [0, 0.1) is 0 Å². The van der Waals surface area contributed by atoms with Crippen LogP contribution in [0.1, 0.15) is 31.9 Å². The number of furan rings is 1. The van der Waals surface area contributed by atoms with Crippen molar-refractivity contribution in [3.63, 3.8) is 0 Å². The van der Waals surface area contributed by atoms with Gasteiger partial charge in [-0.25, -0.2) is 0 Å². The van der Waals surface area contributed by atoms with E-state index in [0.717, 1.165) is 18.8 Å². The van der Waals surface area contributed by atoms with E-state index in [9.17, 15) is 0 Å². The molecule has 0 aromatic carbocycles. The maximum absolute atomic E-state index is 6.09. The molecule has 0 amide bonds. The lowest BCUT2D eigenvalue weighted by Crippen LogP contribution is -2.48. The third kappa shape index (κ3) is 2.78. The summed E-state index contributed by atoms with van der Waals surface area (Å²) in [5, 5.41) is 4.14. The molecule has 2 atom stereocenters. The Labute approximate surface area is 118 Å². The van der Waals surface area contributed by atoms with Crippen LogP contribution >= 0.6 is 0 Å². The molecular formula is C15H21N3O2. The molecule has 0 bridgehead atoms. The number of likely N-dealkylation sites (tertiary alicyclic amines) is 1. The van der Waals surface area contributed by atoms with Crippen LogP contribution in [0.3, 0.4) is 0 Å². The molecule has 3 heterocycles. The average molecular weight is 275 g/mol. The topological polar surface area (TPSA) is 68.4 Å². The Balaban J connectivity index is 1.71. The summed E-state index contributed by atoms with van der Waals surface area (Å²) in [6.45, 7) is 3.95. The van der Waals surface area contributed by atoms with Crippen LogP contribution in [0.5, 0.6) is 0 Å². The maximum atomic E-state index is 6.09. The molecule has 0 saturated carbocycles. The largest absolute Gasteiger partial charge is 0.461 e. The average Bonchev–Trinajstić information content (AvgIpc) is 3.09. The van der Waals surface area contributed by atoms with Crippen molar-refractivity contribution in [1.29, 1.82) is 0 Å². The van der Waals surface area contributed by atoms with Crippen LogP contribution in [0.25, 0.3) is 11.5 Å². The Bertz CT molecular complexity index is 533. The van der Waals surface area contributed by atoms with Crippen molar-refractivity contribution in [2.45, 2.75) is 44.8 Å². The highest BCUT2D eigenvalue weighted by molar-refractivity contribution is 5.49. The monoisotopic (exact) mass is 275 g/mol. The molecular weight excluding hydrogens is 254 g/mol. The molecule has 3 rings (SSSR count). The van der Waals surface area contributed by atoms with Gasteiger partial charge in [0.1, 0.15) is 0 Å². The molecule has 2 aromatic rings. The van der Waals surface area contributed by atoms with E-state index in [-0.39, 0.29) is 6.04 Å². The van der Waals surface area contributed by atoms with Crippen molar-refractivity contribution in [3.8, 4) is 11.5 Å². The van der Waals surface area contributed by atoms with Gasteiger partial charge < -0.3 is 14.7 Å². The van der Waals surface area contributed by atoms with E-state index in [0.29, 0.717) is 17.6 Å². The first-order chi connectivity index (χ1) is 9.74. The minimum Gasteiger partial charge on any atom is -0.461 e. The molecule has 0 aliphatic carbocycles. The Morgan fingerprint density at radius 2 is 2.35 bits per heavy atom. The summed E-state index contributed by atoms with van der Waals surface area (Å²) in [6, 6.07) is 6.29. The highest BCUT2D eigenvalue weighted by Crippen LogP contribution is 2.24. The van der Waals surface area contributed by atoms with Gasteiger partial charge in [0, 0.05) is 24.7 Å². The van der Waals surface area contributed by atoms with Gasteiger partial charge in [-0.05, 0) is 38.4 Å². The second kappa shape index (κ2) is 5.81. The van der Waals surface area contributed by atoms with Crippen LogP contribution in [0.4, 0.5) is 0 Å². The van der Waals surface area contributed by atoms with E-state index in [4.69, 9.17) is 14.7 Å². The standard InChI is InChI=1S/C15H21N3O2/c1-11(16)13-5-2-3-7-18(13)10-12-9-15(20-17-12)14-6-4-8-19-14/h4,6,8-9,11,13H,2-3,5,7,10,16H2,1H3. The smallest absolute Gasteiger partial charge is 0.202 e. The Morgan fingerprint density at radius 1 is 1.45 bits per heavy atom. The van der Waals surface area contributed by atoms with Crippen molar-refractivity contribution in [1.82, 2.24) is 10.1 Å². The summed E-state index contributed by atoms with van der Waals surface area (Å²) in [4.78, 5) is 2.41. The normalized spacial score (nSPS) is 22.0. The fourth-order valence-electron chi connectivity index (χ4n) is 2.94. The predicted octanol–water partition coefficient (Wildman–Crippen LogP) is 2.64. The lowest BCUT2D eigenvalue weighted by Gasteiger charge is -2.37. The molecule has 1 fully saturated rings.